The molecule has 3 aromatic carbocycles. The van der Waals surface area contributed by atoms with Crippen molar-refractivity contribution >= 4 is 32.4 Å². The molecule has 1 N–H and O–H groups in total. The second-order valence-electron chi connectivity index (χ2n) is 7.23. The first-order chi connectivity index (χ1) is 16.0. The number of hydrogen-bond donors (Lipinski definition) is 1. The van der Waals surface area contributed by atoms with Crippen molar-refractivity contribution in [2.45, 2.75) is 24.5 Å². The Kier molecular flexibility index (Phi) is 6.74. The summed E-state index contributed by atoms with van der Waals surface area (Å²) >= 11 is 0. The number of sulfone groups is 1. The Morgan fingerprint density at radius 1 is 0.818 bits per heavy atom. The van der Waals surface area contributed by atoms with Crippen molar-refractivity contribution in [3.8, 4) is 11.5 Å². The molecule has 1 heterocycles. The van der Waals surface area contributed by atoms with E-state index in [1.807, 2.05) is 50.2 Å². The Bertz CT molecular complexity index is 1360. The quantitative estimate of drug-likeness (QED) is 0.367. The van der Waals surface area contributed by atoms with Crippen LogP contribution in [0.3, 0.4) is 0 Å². The molecule has 0 atom stereocenters. The first kappa shape index (κ1) is 22.5. The first-order valence-electron chi connectivity index (χ1n) is 10.7. The van der Waals surface area contributed by atoms with Gasteiger partial charge in [0.25, 0.3) is 0 Å². The lowest BCUT2D eigenvalue weighted by molar-refractivity contribution is 0.332. The van der Waals surface area contributed by atoms with Crippen molar-refractivity contribution in [1.29, 1.82) is 0 Å². The molecule has 0 saturated carbocycles. The predicted octanol–water partition coefficient (Wildman–Crippen LogP) is 5.14. The van der Waals surface area contributed by atoms with Crippen LogP contribution < -0.4 is 14.8 Å². The maximum atomic E-state index is 13.1. The molecule has 0 fully saturated rings. The van der Waals surface area contributed by atoms with Crippen LogP contribution in [0.25, 0.3) is 11.0 Å². The van der Waals surface area contributed by atoms with E-state index in [2.05, 4.69) is 10.3 Å². The highest BCUT2D eigenvalue weighted by Crippen LogP contribution is 2.33. The molecule has 33 heavy (non-hydrogen) atoms. The second-order valence-corrected chi connectivity index (χ2v) is 9.22. The van der Waals surface area contributed by atoms with Gasteiger partial charge >= 0.3 is 0 Å². The van der Waals surface area contributed by atoms with Crippen molar-refractivity contribution in [3.05, 3.63) is 78.5 Å². The van der Waals surface area contributed by atoms with E-state index in [1.54, 1.807) is 36.4 Å². The largest absolute Gasteiger partial charge is 0.494 e. The van der Waals surface area contributed by atoms with Crippen molar-refractivity contribution in [2.24, 2.45) is 0 Å². The minimum absolute atomic E-state index is 0.235. The standard InChI is InChI=1S/C25H25N3O4S/c1-3-31-18-14-15-24(32-4-2)22(16-18)28-25-23(26-20-12-8-9-13-21(20)27-25)17-33(29,30)19-10-6-5-7-11-19/h5-16H,3-4,17H2,1-2H3,(H,27,28). The third kappa shape index (κ3) is 5.23. The Labute approximate surface area is 193 Å². The van der Waals surface area contributed by atoms with E-state index < -0.39 is 9.84 Å². The molecule has 0 unspecified atom stereocenters. The van der Waals surface area contributed by atoms with Crippen LogP contribution in [0.1, 0.15) is 19.5 Å². The van der Waals surface area contributed by atoms with E-state index in [1.165, 1.54) is 0 Å². The summed E-state index contributed by atoms with van der Waals surface area (Å²) in [5, 5.41) is 3.25. The number of nitrogens with zero attached hydrogens (tertiary/aromatic N) is 2. The van der Waals surface area contributed by atoms with Gasteiger partial charge in [0.05, 0.1) is 40.5 Å². The summed E-state index contributed by atoms with van der Waals surface area (Å²) in [4.78, 5) is 9.57. The van der Waals surface area contributed by atoms with Crippen molar-refractivity contribution < 1.29 is 17.9 Å². The summed E-state index contributed by atoms with van der Waals surface area (Å²) in [6.07, 6.45) is 0. The van der Waals surface area contributed by atoms with E-state index in [0.717, 1.165) is 0 Å². The molecule has 0 spiro atoms. The fraction of sp³-hybridized carbons (Fsp3) is 0.200. The predicted molar refractivity (Wildman–Crippen MR) is 129 cm³/mol. The third-order valence-corrected chi connectivity index (χ3v) is 6.53. The summed E-state index contributed by atoms with van der Waals surface area (Å²) in [6.45, 7) is 4.80. The number of aromatic nitrogens is 2. The summed E-state index contributed by atoms with van der Waals surface area (Å²) in [6, 6.07) is 21.1. The lowest BCUT2D eigenvalue weighted by Crippen LogP contribution is -2.11. The van der Waals surface area contributed by atoms with Gasteiger partial charge in [-0.25, -0.2) is 18.4 Å². The highest BCUT2D eigenvalue weighted by atomic mass is 32.2. The fourth-order valence-electron chi connectivity index (χ4n) is 3.40. The lowest BCUT2D eigenvalue weighted by Gasteiger charge is -2.16. The molecule has 4 rings (SSSR count). The van der Waals surface area contributed by atoms with Crippen LogP contribution in [-0.2, 0) is 15.6 Å². The van der Waals surface area contributed by atoms with Gasteiger partial charge in [-0.1, -0.05) is 30.3 Å². The number of fused-ring (bicyclic) bond motifs is 1. The molecule has 0 amide bonds. The van der Waals surface area contributed by atoms with Crippen LogP contribution in [0.5, 0.6) is 11.5 Å². The van der Waals surface area contributed by atoms with Crippen LogP contribution >= 0.6 is 0 Å². The van der Waals surface area contributed by atoms with Gasteiger partial charge in [0.2, 0.25) is 0 Å². The molecule has 7 nitrogen and oxygen atoms in total. The zero-order valence-electron chi connectivity index (χ0n) is 18.5. The lowest BCUT2D eigenvalue weighted by atomic mass is 10.2. The van der Waals surface area contributed by atoms with Crippen molar-refractivity contribution in [2.75, 3.05) is 18.5 Å². The number of nitrogens with one attached hydrogen (secondary N) is 1. The normalized spacial score (nSPS) is 11.3. The van der Waals surface area contributed by atoms with E-state index in [0.29, 0.717) is 52.9 Å². The summed E-state index contributed by atoms with van der Waals surface area (Å²) in [5.41, 5.74) is 2.21. The number of para-hydroxylation sites is 2. The molecule has 8 heteroatoms. The van der Waals surface area contributed by atoms with Gasteiger partial charge in [-0.15, -0.1) is 0 Å². The Balaban J connectivity index is 1.80. The zero-order chi connectivity index (χ0) is 23.3. The van der Waals surface area contributed by atoms with Crippen molar-refractivity contribution in [1.82, 2.24) is 9.97 Å². The molecule has 1 aromatic heterocycles. The summed E-state index contributed by atoms with van der Waals surface area (Å²) in [5.74, 6) is 1.32. The molecule has 0 aliphatic carbocycles. The molecule has 0 bridgehead atoms. The Morgan fingerprint density at radius 3 is 2.18 bits per heavy atom. The minimum Gasteiger partial charge on any atom is -0.494 e. The second kappa shape index (κ2) is 9.87. The summed E-state index contributed by atoms with van der Waals surface area (Å²) in [7, 11) is -3.63. The van der Waals surface area contributed by atoms with Crippen molar-refractivity contribution in [3.63, 3.8) is 0 Å². The van der Waals surface area contributed by atoms with Crippen LogP contribution in [0.4, 0.5) is 11.5 Å². The monoisotopic (exact) mass is 463 g/mol. The van der Waals surface area contributed by atoms with Gasteiger partial charge in [-0.2, -0.15) is 0 Å². The third-order valence-electron chi connectivity index (χ3n) is 4.89. The zero-order valence-corrected chi connectivity index (χ0v) is 19.3. The molecule has 170 valence electrons. The molecule has 0 saturated heterocycles. The highest BCUT2D eigenvalue weighted by molar-refractivity contribution is 7.90. The molecular weight excluding hydrogens is 438 g/mol. The van der Waals surface area contributed by atoms with Gasteiger partial charge in [0, 0.05) is 6.07 Å². The van der Waals surface area contributed by atoms with Crippen LogP contribution in [0.15, 0.2) is 77.7 Å². The van der Waals surface area contributed by atoms with E-state index in [9.17, 15) is 8.42 Å². The molecule has 4 aromatic rings. The number of rotatable bonds is 9. The topological polar surface area (TPSA) is 90.4 Å². The SMILES string of the molecule is CCOc1ccc(OCC)c(Nc2nc3ccccc3nc2CS(=O)(=O)c2ccccc2)c1. The molecule has 0 aliphatic heterocycles. The first-order valence-corrected chi connectivity index (χ1v) is 12.4. The maximum absolute atomic E-state index is 13.1. The Hall–Kier alpha value is -3.65. The van der Waals surface area contributed by atoms with Gasteiger partial charge in [0.15, 0.2) is 15.7 Å². The number of benzene rings is 3. The highest BCUT2D eigenvalue weighted by Gasteiger charge is 2.21. The van der Waals surface area contributed by atoms with Crippen LogP contribution in [-0.4, -0.2) is 31.6 Å². The molecule has 0 radical (unpaired) electrons. The van der Waals surface area contributed by atoms with Crippen LogP contribution in [0.2, 0.25) is 0 Å². The molecule has 0 aliphatic rings. The van der Waals surface area contributed by atoms with Gasteiger partial charge < -0.3 is 14.8 Å². The number of ether oxygens (including phenoxy) is 2. The van der Waals surface area contributed by atoms with Gasteiger partial charge in [0.1, 0.15) is 17.3 Å². The van der Waals surface area contributed by atoms with Gasteiger partial charge in [-0.05, 0) is 50.2 Å². The maximum Gasteiger partial charge on any atom is 0.184 e. The Morgan fingerprint density at radius 2 is 1.48 bits per heavy atom. The number of anilines is 2. The fourth-order valence-corrected chi connectivity index (χ4v) is 4.70. The van der Waals surface area contributed by atoms with E-state index in [4.69, 9.17) is 14.5 Å². The average Bonchev–Trinajstić information content (AvgIpc) is 2.82. The van der Waals surface area contributed by atoms with E-state index >= 15 is 0 Å². The molecular formula is C25H25N3O4S. The smallest absolute Gasteiger partial charge is 0.184 e. The number of hydrogen-bond acceptors (Lipinski definition) is 7. The van der Waals surface area contributed by atoms with Gasteiger partial charge in [-0.3, -0.25) is 0 Å². The van der Waals surface area contributed by atoms with Crippen LogP contribution in [0, 0.1) is 0 Å². The average molecular weight is 464 g/mol. The summed E-state index contributed by atoms with van der Waals surface area (Å²) < 4.78 is 37.6. The minimum atomic E-state index is -3.63. The van der Waals surface area contributed by atoms with E-state index in [-0.39, 0.29) is 10.6 Å².